The lowest BCUT2D eigenvalue weighted by atomic mass is 10.2. The van der Waals surface area contributed by atoms with E-state index in [1.54, 1.807) is 12.1 Å². The highest BCUT2D eigenvalue weighted by Crippen LogP contribution is 2.30. The molecule has 0 unspecified atom stereocenters. The van der Waals surface area contributed by atoms with E-state index in [0.717, 1.165) is 10.0 Å². The maximum atomic E-state index is 12.3. The molecule has 0 atom stereocenters. The topological polar surface area (TPSA) is 103 Å². The van der Waals surface area contributed by atoms with Crippen LogP contribution in [0.1, 0.15) is 6.92 Å². The van der Waals surface area contributed by atoms with Crippen molar-refractivity contribution in [1.82, 2.24) is 14.8 Å². The van der Waals surface area contributed by atoms with Crippen LogP contribution in [0.4, 0.5) is 11.4 Å². The third kappa shape index (κ3) is 4.39. The summed E-state index contributed by atoms with van der Waals surface area (Å²) in [6.45, 7) is 2.61. The van der Waals surface area contributed by atoms with Crippen molar-refractivity contribution in [3.8, 4) is 11.4 Å². The second kappa shape index (κ2) is 8.98. The average molecular weight is 462 g/mol. The van der Waals surface area contributed by atoms with Gasteiger partial charge in [-0.25, -0.2) is 0 Å². The Morgan fingerprint density at radius 1 is 1.21 bits per heavy atom. The fourth-order valence-corrected chi connectivity index (χ4v) is 3.84. The number of amides is 1. The fraction of sp³-hybridized carbons (Fsp3) is 0.167. The van der Waals surface area contributed by atoms with Crippen molar-refractivity contribution >= 4 is 45.0 Å². The summed E-state index contributed by atoms with van der Waals surface area (Å²) in [6.07, 6.45) is 0. The molecule has 0 bridgehead atoms. The molecule has 1 heterocycles. The van der Waals surface area contributed by atoms with Crippen LogP contribution in [-0.2, 0) is 11.3 Å². The number of nitrogens with one attached hydrogen (secondary N) is 1. The summed E-state index contributed by atoms with van der Waals surface area (Å²) in [5.41, 5.74) is 0.936. The first-order valence-electron chi connectivity index (χ1n) is 8.35. The molecule has 0 fully saturated rings. The number of para-hydroxylation sites is 2. The van der Waals surface area contributed by atoms with Crippen LogP contribution in [0.5, 0.6) is 0 Å². The van der Waals surface area contributed by atoms with Crippen molar-refractivity contribution in [3.05, 3.63) is 63.1 Å². The third-order valence-electron chi connectivity index (χ3n) is 3.86. The summed E-state index contributed by atoms with van der Waals surface area (Å²) >= 11 is 4.74. The first-order valence-corrected chi connectivity index (χ1v) is 10.1. The summed E-state index contributed by atoms with van der Waals surface area (Å²) in [5.74, 6) is 0.407. The lowest BCUT2D eigenvalue weighted by Gasteiger charge is -2.09. The maximum absolute atomic E-state index is 12.3. The number of aromatic nitrogens is 3. The largest absolute Gasteiger partial charge is 0.320 e. The molecule has 0 aliphatic heterocycles. The molecule has 0 aliphatic rings. The van der Waals surface area contributed by atoms with E-state index in [1.807, 2.05) is 35.8 Å². The summed E-state index contributed by atoms with van der Waals surface area (Å²) < 4.78 is 2.83. The number of nitrogens with zero attached hydrogens (tertiary/aromatic N) is 4. The van der Waals surface area contributed by atoms with Gasteiger partial charge in [0.25, 0.3) is 5.69 Å². The molecule has 0 aliphatic carbocycles. The van der Waals surface area contributed by atoms with E-state index in [9.17, 15) is 14.9 Å². The van der Waals surface area contributed by atoms with E-state index in [2.05, 4.69) is 31.4 Å². The molecule has 10 heteroatoms. The number of nitro benzene ring substituents is 1. The Balaban J connectivity index is 1.73. The van der Waals surface area contributed by atoms with Gasteiger partial charge in [0.15, 0.2) is 11.0 Å². The quantitative estimate of drug-likeness (QED) is 0.318. The second-order valence-corrected chi connectivity index (χ2v) is 7.44. The van der Waals surface area contributed by atoms with E-state index >= 15 is 0 Å². The van der Waals surface area contributed by atoms with Gasteiger partial charge in [0.05, 0.1) is 10.7 Å². The van der Waals surface area contributed by atoms with Gasteiger partial charge in [-0.2, -0.15) is 0 Å². The SMILES string of the molecule is CCn1c(SCC(=O)Nc2ccccc2[N+](=O)[O-])nnc1-c1ccccc1Br. The molecule has 1 N–H and O–H groups in total. The number of rotatable bonds is 7. The number of hydrogen-bond acceptors (Lipinski definition) is 6. The zero-order valence-electron chi connectivity index (χ0n) is 14.8. The highest BCUT2D eigenvalue weighted by atomic mass is 79.9. The number of hydrogen-bond donors (Lipinski definition) is 1. The van der Waals surface area contributed by atoms with Gasteiger partial charge < -0.3 is 9.88 Å². The highest BCUT2D eigenvalue weighted by molar-refractivity contribution is 9.10. The fourth-order valence-electron chi connectivity index (χ4n) is 2.58. The monoisotopic (exact) mass is 461 g/mol. The first-order chi connectivity index (χ1) is 13.5. The number of carbonyl (C=O) groups is 1. The molecular weight excluding hydrogens is 446 g/mol. The van der Waals surface area contributed by atoms with Crippen LogP contribution < -0.4 is 5.32 Å². The third-order valence-corrected chi connectivity index (χ3v) is 5.51. The molecule has 8 nitrogen and oxygen atoms in total. The van der Waals surface area contributed by atoms with Crippen LogP contribution in [0.3, 0.4) is 0 Å². The normalized spacial score (nSPS) is 10.6. The van der Waals surface area contributed by atoms with Crippen LogP contribution >= 0.6 is 27.7 Å². The zero-order valence-corrected chi connectivity index (χ0v) is 17.2. The van der Waals surface area contributed by atoms with Crippen LogP contribution in [0.25, 0.3) is 11.4 Å². The van der Waals surface area contributed by atoms with Gasteiger partial charge in [-0.3, -0.25) is 14.9 Å². The number of benzene rings is 2. The molecule has 144 valence electrons. The Labute approximate surface area is 173 Å². The van der Waals surface area contributed by atoms with E-state index in [1.165, 1.54) is 23.9 Å². The lowest BCUT2D eigenvalue weighted by molar-refractivity contribution is -0.383. The van der Waals surface area contributed by atoms with Crippen molar-refractivity contribution in [2.75, 3.05) is 11.1 Å². The van der Waals surface area contributed by atoms with E-state index in [-0.39, 0.29) is 23.0 Å². The molecule has 0 saturated heterocycles. The van der Waals surface area contributed by atoms with Gasteiger partial charge in [0, 0.05) is 22.6 Å². The van der Waals surface area contributed by atoms with Crippen LogP contribution in [-0.4, -0.2) is 31.3 Å². The Bertz CT molecular complexity index is 1020. The number of nitro groups is 1. The smallest absolute Gasteiger partial charge is 0.292 e. The molecule has 0 radical (unpaired) electrons. The van der Waals surface area contributed by atoms with Crippen molar-refractivity contribution in [1.29, 1.82) is 0 Å². The van der Waals surface area contributed by atoms with Crippen LogP contribution in [0.2, 0.25) is 0 Å². The molecule has 0 spiro atoms. The summed E-state index contributed by atoms with van der Waals surface area (Å²) in [6, 6.07) is 13.7. The van der Waals surface area contributed by atoms with Gasteiger partial charge in [-0.15, -0.1) is 10.2 Å². The number of thioether (sulfide) groups is 1. The molecule has 1 aromatic heterocycles. The summed E-state index contributed by atoms with van der Waals surface area (Å²) in [4.78, 5) is 22.8. The Morgan fingerprint density at radius 3 is 2.64 bits per heavy atom. The van der Waals surface area contributed by atoms with Gasteiger partial charge in [-0.05, 0) is 19.1 Å². The minimum Gasteiger partial charge on any atom is -0.320 e. The first kappa shape index (κ1) is 20.0. The minimum absolute atomic E-state index is 0.0557. The van der Waals surface area contributed by atoms with Crippen molar-refractivity contribution in [2.24, 2.45) is 0 Å². The Kier molecular flexibility index (Phi) is 6.42. The summed E-state index contributed by atoms with van der Waals surface area (Å²) in [5, 5.41) is 22.7. The lowest BCUT2D eigenvalue weighted by Crippen LogP contribution is -2.15. The van der Waals surface area contributed by atoms with Crippen molar-refractivity contribution < 1.29 is 9.72 Å². The highest BCUT2D eigenvalue weighted by Gasteiger charge is 2.18. The number of carbonyl (C=O) groups excluding carboxylic acids is 1. The molecule has 3 rings (SSSR count). The molecule has 0 saturated carbocycles. The zero-order chi connectivity index (χ0) is 20.1. The molecular formula is C18H16BrN5O3S. The Morgan fingerprint density at radius 2 is 1.93 bits per heavy atom. The van der Waals surface area contributed by atoms with E-state index in [4.69, 9.17) is 0 Å². The van der Waals surface area contributed by atoms with E-state index < -0.39 is 4.92 Å². The van der Waals surface area contributed by atoms with Crippen molar-refractivity contribution in [2.45, 2.75) is 18.6 Å². The average Bonchev–Trinajstić information content (AvgIpc) is 3.09. The predicted molar refractivity (Wildman–Crippen MR) is 111 cm³/mol. The van der Waals surface area contributed by atoms with Gasteiger partial charge in [-0.1, -0.05) is 58.0 Å². The van der Waals surface area contributed by atoms with E-state index in [0.29, 0.717) is 17.5 Å². The molecule has 2 aromatic carbocycles. The molecule has 28 heavy (non-hydrogen) atoms. The number of halogens is 1. The predicted octanol–water partition coefficient (Wildman–Crippen LogP) is 4.37. The van der Waals surface area contributed by atoms with Gasteiger partial charge >= 0.3 is 0 Å². The standard InChI is InChI=1S/C18H16BrN5O3S/c1-2-23-17(12-7-3-4-8-13(12)19)21-22-18(23)28-11-16(25)20-14-9-5-6-10-15(14)24(26)27/h3-10H,2,11H2,1H3,(H,20,25). The van der Waals surface area contributed by atoms with Gasteiger partial charge in [0.2, 0.25) is 5.91 Å². The minimum atomic E-state index is -0.527. The molecule has 3 aromatic rings. The number of anilines is 1. The Hall–Kier alpha value is -2.72. The van der Waals surface area contributed by atoms with Crippen LogP contribution in [0.15, 0.2) is 58.2 Å². The summed E-state index contributed by atoms with van der Waals surface area (Å²) in [7, 11) is 0. The van der Waals surface area contributed by atoms with Gasteiger partial charge in [0.1, 0.15) is 5.69 Å². The van der Waals surface area contributed by atoms with Crippen molar-refractivity contribution in [3.63, 3.8) is 0 Å². The molecule has 1 amide bonds. The second-order valence-electron chi connectivity index (χ2n) is 5.64. The maximum Gasteiger partial charge on any atom is 0.292 e. The van der Waals surface area contributed by atoms with Crippen LogP contribution in [0, 0.1) is 10.1 Å².